The minimum absolute atomic E-state index is 0. The van der Waals surface area contributed by atoms with Gasteiger partial charge in [0.2, 0.25) is 0 Å². The second-order valence-electron chi connectivity index (χ2n) is 5.63. The topological polar surface area (TPSA) is 66.0 Å². The molecule has 1 rings (SSSR count). The minimum Gasteiger partial charge on any atom is -0.444 e. The third-order valence-electron chi connectivity index (χ3n) is 2.55. The number of carbonyl (C=O) groups is 1. The third-order valence-corrected chi connectivity index (χ3v) is 2.55. The molecule has 120 valence electrons. The van der Waals surface area contributed by atoms with E-state index in [0.717, 1.165) is 6.54 Å². The summed E-state index contributed by atoms with van der Waals surface area (Å²) < 4.78 is 5.29. The van der Waals surface area contributed by atoms with Crippen molar-refractivity contribution in [2.24, 2.45) is 4.99 Å². The molecule has 0 unspecified atom stereocenters. The molecule has 7 heteroatoms. The zero-order valence-corrected chi connectivity index (χ0v) is 15.4. The van der Waals surface area contributed by atoms with Crippen molar-refractivity contribution in [2.75, 3.05) is 26.2 Å². The quantitative estimate of drug-likeness (QED) is 0.321. The fourth-order valence-corrected chi connectivity index (χ4v) is 1.68. The van der Waals surface area contributed by atoms with Crippen LogP contribution in [-0.4, -0.2) is 54.8 Å². The van der Waals surface area contributed by atoms with Crippen LogP contribution in [0.2, 0.25) is 0 Å². The number of nitrogens with zero attached hydrogens (tertiary/aromatic N) is 2. The fraction of sp³-hybridized carbons (Fsp3) is 0.714. The standard InChI is InChI=1S/C14H24N4O2.HI/c1-6-8-16-12(15-7-2)17-11-9-18(10-11)13(19)20-14(3,4)5;/h1,11H,7-10H2,2-5H3,(H2,15,16,17);1H. The maximum atomic E-state index is 11.8. The third kappa shape index (κ3) is 7.41. The largest absolute Gasteiger partial charge is 0.444 e. The number of likely N-dealkylation sites (tertiary alicyclic amines) is 1. The highest BCUT2D eigenvalue weighted by Gasteiger charge is 2.34. The maximum Gasteiger partial charge on any atom is 0.410 e. The van der Waals surface area contributed by atoms with Crippen LogP contribution in [0.3, 0.4) is 0 Å². The molecule has 0 bridgehead atoms. The lowest BCUT2D eigenvalue weighted by Crippen LogP contribution is -2.63. The normalized spacial score (nSPS) is 15.4. The lowest BCUT2D eigenvalue weighted by Gasteiger charge is -2.40. The summed E-state index contributed by atoms with van der Waals surface area (Å²) in [5.41, 5.74) is -0.460. The van der Waals surface area contributed by atoms with Crippen molar-refractivity contribution in [1.29, 1.82) is 0 Å². The summed E-state index contributed by atoms with van der Waals surface area (Å²) >= 11 is 0. The number of nitrogens with one attached hydrogen (secondary N) is 2. The Hall–Kier alpha value is -1.17. The van der Waals surface area contributed by atoms with E-state index in [1.165, 1.54) is 0 Å². The molecule has 1 amide bonds. The Bertz CT molecular complexity index is 406. The average Bonchev–Trinajstić information content (AvgIpc) is 2.27. The highest BCUT2D eigenvalue weighted by molar-refractivity contribution is 14.0. The van der Waals surface area contributed by atoms with Gasteiger partial charge in [-0.2, -0.15) is 0 Å². The first-order chi connectivity index (χ1) is 9.35. The SMILES string of the molecule is C#CCN=C(NCC)NC1CN(C(=O)OC(C)(C)C)C1.I. The number of terminal acetylenes is 1. The zero-order valence-electron chi connectivity index (χ0n) is 13.1. The molecular formula is C14H25IN4O2. The molecular weight excluding hydrogens is 383 g/mol. The van der Waals surface area contributed by atoms with E-state index < -0.39 is 5.60 Å². The molecule has 1 aliphatic rings. The Kier molecular flexibility index (Phi) is 8.47. The summed E-state index contributed by atoms with van der Waals surface area (Å²) in [4.78, 5) is 17.6. The molecule has 21 heavy (non-hydrogen) atoms. The van der Waals surface area contributed by atoms with E-state index >= 15 is 0 Å². The number of carbonyl (C=O) groups excluding carboxylic acids is 1. The van der Waals surface area contributed by atoms with Crippen LogP contribution in [0.5, 0.6) is 0 Å². The Labute approximate surface area is 144 Å². The number of hydrogen-bond donors (Lipinski definition) is 2. The van der Waals surface area contributed by atoms with Crippen LogP contribution < -0.4 is 10.6 Å². The van der Waals surface area contributed by atoms with Gasteiger partial charge < -0.3 is 20.3 Å². The van der Waals surface area contributed by atoms with E-state index in [1.54, 1.807) is 4.90 Å². The Morgan fingerprint density at radius 3 is 2.57 bits per heavy atom. The summed E-state index contributed by atoms with van der Waals surface area (Å²) in [5, 5.41) is 6.34. The molecule has 0 aromatic carbocycles. The molecule has 2 N–H and O–H groups in total. The van der Waals surface area contributed by atoms with E-state index in [2.05, 4.69) is 21.5 Å². The van der Waals surface area contributed by atoms with Gasteiger partial charge in [0.1, 0.15) is 12.1 Å². The molecule has 1 aliphatic heterocycles. The van der Waals surface area contributed by atoms with Gasteiger partial charge in [0.25, 0.3) is 0 Å². The van der Waals surface area contributed by atoms with Gasteiger partial charge in [0.15, 0.2) is 5.96 Å². The zero-order chi connectivity index (χ0) is 15.2. The number of aliphatic imine (C=N–C) groups is 1. The minimum atomic E-state index is -0.460. The van der Waals surface area contributed by atoms with Gasteiger partial charge in [0.05, 0.1) is 6.04 Å². The van der Waals surface area contributed by atoms with Crippen LogP contribution in [-0.2, 0) is 4.74 Å². The Morgan fingerprint density at radius 2 is 2.10 bits per heavy atom. The number of ether oxygens (including phenoxy) is 1. The van der Waals surface area contributed by atoms with E-state index in [1.807, 2.05) is 27.7 Å². The Balaban J connectivity index is 0.00000400. The summed E-state index contributed by atoms with van der Waals surface area (Å²) in [6.45, 7) is 9.87. The second-order valence-corrected chi connectivity index (χ2v) is 5.63. The smallest absolute Gasteiger partial charge is 0.410 e. The predicted octanol–water partition coefficient (Wildman–Crippen LogP) is 1.41. The van der Waals surface area contributed by atoms with Crippen molar-refractivity contribution < 1.29 is 9.53 Å². The van der Waals surface area contributed by atoms with Crippen LogP contribution in [0.1, 0.15) is 27.7 Å². The van der Waals surface area contributed by atoms with Crippen LogP contribution >= 0.6 is 24.0 Å². The highest BCUT2D eigenvalue weighted by Crippen LogP contribution is 2.15. The lowest BCUT2D eigenvalue weighted by molar-refractivity contribution is 0.00701. The molecule has 0 atom stereocenters. The predicted molar refractivity (Wildman–Crippen MR) is 95.0 cm³/mol. The second kappa shape index (κ2) is 8.97. The van der Waals surface area contributed by atoms with E-state index in [0.29, 0.717) is 25.6 Å². The van der Waals surface area contributed by atoms with Crippen LogP contribution in [0.25, 0.3) is 0 Å². The number of amides is 1. The van der Waals surface area contributed by atoms with Gasteiger partial charge in [-0.25, -0.2) is 9.79 Å². The van der Waals surface area contributed by atoms with E-state index in [-0.39, 0.29) is 36.1 Å². The van der Waals surface area contributed by atoms with Gasteiger partial charge in [-0.3, -0.25) is 0 Å². The highest BCUT2D eigenvalue weighted by atomic mass is 127. The van der Waals surface area contributed by atoms with Crippen LogP contribution in [0, 0.1) is 12.3 Å². The monoisotopic (exact) mass is 408 g/mol. The van der Waals surface area contributed by atoms with Crippen molar-refractivity contribution >= 4 is 36.0 Å². The van der Waals surface area contributed by atoms with Gasteiger partial charge in [-0.05, 0) is 27.7 Å². The summed E-state index contributed by atoms with van der Waals surface area (Å²) in [6.07, 6.45) is 4.91. The van der Waals surface area contributed by atoms with Crippen LogP contribution in [0.4, 0.5) is 4.79 Å². The maximum absolute atomic E-state index is 11.8. The molecule has 0 aromatic heterocycles. The fourth-order valence-electron chi connectivity index (χ4n) is 1.68. The molecule has 0 aromatic rings. The molecule has 1 fully saturated rings. The van der Waals surface area contributed by atoms with Gasteiger partial charge in [0, 0.05) is 19.6 Å². The first kappa shape index (κ1) is 19.8. The number of rotatable bonds is 3. The lowest BCUT2D eigenvalue weighted by atomic mass is 10.1. The molecule has 6 nitrogen and oxygen atoms in total. The average molecular weight is 408 g/mol. The van der Waals surface area contributed by atoms with Crippen molar-refractivity contribution in [3.05, 3.63) is 0 Å². The summed E-state index contributed by atoms with van der Waals surface area (Å²) in [5.74, 6) is 3.15. The van der Waals surface area contributed by atoms with Crippen LogP contribution in [0.15, 0.2) is 4.99 Å². The van der Waals surface area contributed by atoms with Crippen molar-refractivity contribution in [3.63, 3.8) is 0 Å². The van der Waals surface area contributed by atoms with Crippen molar-refractivity contribution in [1.82, 2.24) is 15.5 Å². The molecule has 0 radical (unpaired) electrons. The van der Waals surface area contributed by atoms with Gasteiger partial charge >= 0.3 is 6.09 Å². The van der Waals surface area contributed by atoms with E-state index in [4.69, 9.17) is 11.2 Å². The number of halogens is 1. The molecule has 0 saturated carbocycles. The number of hydrogen-bond acceptors (Lipinski definition) is 3. The summed E-state index contributed by atoms with van der Waals surface area (Å²) in [7, 11) is 0. The molecule has 1 heterocycles. The number of guanidine groups is 1. The summed E-state index contributed by atoms with van der Waals surface area (Å²) in [6, 6.07) is 0.179. The first-order valence-corrected chi connectivity index (χ1v) is 6.82. The Morgan fingerprint density at radius 1 is 1.48 bits per heavy atom. The van der Waals surface area contributed by atoms with Crippen molar-refractivity contribution in [3.8, 4) is 12.3 Å². The molecule has 0 spiro atoms. The van der Waals surface area contributed by atoms with Crippen molar-refractivity contribution in [2.45, 2.75) is 39.3 Å². The van der Waals surface area contributed by atoms with E-state index in [9.17, 15) is 4.79 Å². The first-order valence-electron chi connectivity index (χ1n) is 6.82. The van der Waals surface area contributed by atoms with Gasteiger partial charge in [-0.1, -0.05) is 5.92 Å². The molecule has 1 saturated heterocycles. The molecule has 0 aliphatic carbocycles. The van der Waals surface area contributed by atoms with Gasteiger partial charge in [-0.15, -0.1) is 30.4 Å².